The van der Waals surface area contributed by atoms with Crippen molar-refractivity contribution < 1.29 is 30.0 Å². The van der Waals surface area contributed by atoms with Gasteiger partial charge < -0.3 is 20.4 Å². The first-order valence-corrected chi connectivity index (χ1v) is 9.51. The number of fused-ring (bicyclic) bond motifs is 3. The van der Waals surface area contributed by atoms with Gasteiger partial charge in [0.05, 0.1) is 23.0 Å². The van der Waals surface area contributed by atoms with E-state index in [-0.39, 0.29) is 12.3 Å². The predicted octanol–water partition coefficient (Wildman–Crippen LogP) is 2.05. The third-order valence-electron chi connectivity index (χ3n) is 8.80. The molecule has 0 amide bonds. The monoisotopic (exact) mass is 364 g/mol. The molecule has 0 unspecified atom stereocenters. The van der Waals surface area contributed by atoms with E-state index in [1.165, 1.54) is 0 Å². The van der Waals surface area contributed by atoms with Crippen molar-refractivity contribution in [1.82, 2.24) is 0 Å². The lowest BCUT2D eigenvalue weighted by Gasteiger charge is -2.50. The molecule has 2 bridgehead atoms. The number of aliphatic carboxylic acids is 2. The van der Waals surface area contributed by atoms with Crippen LogP contribution in [0.4, 0.5) is 0 Å². The van der Waals surface area contributed by atoms with Crippen LogP contribution in [0.5, 0.6) is 0 Å². The quantitative estimate of drug-likeness (QED) is 0.558. The maximum atomic E-state index is 12.5. The largest absolute Gasteiger partial charge is 0.481 e. The first-order chi connectivity index (χ1) is 11.9. The highest BCUT2D eigenvalue weighted by Crippen LogP contribution is 2.78. The molecular weight excluding hydrogens is 336 g/mol. The van der Waals surface area contributed by atoms with Crippen LogP contribution in [0.1, 0.15) is 52.4 Å². The van der Waals surface area contributed by atoms with E-state index < -0.39 is 51.7 Å². The summed E-state index contributed by atoms with van der Waals surface area (Å²) in [7, 11) is 0. The van der Waals surface area contributed by atoms with Gasteiger partial charge in [0.2, 0.25) is 0 Å². The van der Waals surface area contributed by atoms with Crippen LogP contribution < -0.4 is 0 Å². The van der Waals surface area contributed by atoms with Crippen LogP contribution in [0, 0.1) is 34.0 Å². The van der Waals surface area contributed by atoms with Crippen LogP contribution in [0.2, 0.25) is 0 Å². The van der Waals surface area contributed by atoms with Gasteiger partial charge in [0.15, 0.2) is 0 Å². The molecule has 8 atom stereocenters. The van der Waals surface area contributed by atoms with Gasteiger partial charge in [-0.25, -0.2) is 0 Å². The SMILES string of the molecule is C=C1[C@@H](O)[C@]23C[C@@]1(O)CC[C@H]2[C@]1(C)CCC[C@](C)(C(=O)O)[C@H]1[C@@H]3C(=O)O. The van der Waals surface area contributed by atoms with Crippen molar-refractivity contribution >= 4 is 11.9 Å². The molecule has 0 radical (unpaired) electrons. The molecule has 4 rings (SSSR count). The Morgan fingerprint density at radius 2 is 1.81 bits per heavy atom. The highest BCUT2D eigenvalue weighted by Gasteiger charge is 2.79. The fourth-order valence-corrected chi connectivity index (χ4v) is 7.89. The molecule has 0 aromatic carbocycles. The number of carbonyl (C=O) groups is 2. The Kier molecular flexibility index (Phi) is 3.39. The standard InChI is InChI=1S/C20H28O6/c1-10-14(21)20-9-19(10,26)8-5-11(20)17(2)6-4-7-18(3,16(24)25)13(17)12(20)15(22)23/h11-14,21,26H,1,4-9H2,2-3H3,(H,22,23)(H,24,25)/t11-,12+,13-,14+,17-,18-,19-,20+/m0/s1. The van der Waals surface area contributed by atoms with Gasteiger partial charge in [-0.05, 0) is 61.9 Å². The minimum absolute atomic E-state index is 0.130. The van der Waals surface area contributed by atoms with Crippen molar-refractivity contribution in [1.29, 1.82) is 0 Å². The summed E-state index contributed by atoms with van der Waals surface area (Å²) in [6.07, 6.45) is 2.04. The van der Waals surface area contributed by atoms with Gasteiger partial charge in [0.25, 0.3) is 0 Å². The Labute approximate surface area is 152 Å². The summed E-state index contributed by atoms with van der Waals surface area (Å²) in [6, 6.07) is 0. The molecule has 4 aliphatic rings. The molecule has 4 aliphatic carbocycles. The van der Waals surface area contributed by atoms with Crippen LogP contribution in [0.25, 0.3) is 0 Å². The van der Waals surface area contributed by atoms with Crippen LogP contribution in [0.3, 0.4) is 0 Å². The zero-order valence-electron chi connectivity index (χ0n) is 15.4. The average Bonchev–Trinajstić information content (AvgIpc) is 2.87. The van der Waals surface area contributed by atoms with E-state index in [0.29, 0.717) is 24.8 Å². The molecule has 4 N–H and O–H groups in total. The number of carboxylic acids is 2. The van der Waals surface area contributed by atoms with E-state index >= 15 is 0 Å². The molecular formula is C20H28O6. The Bertz CT molecular complexity index is 717. The van der Waals surface area contributed by atoms with E-state index in [4.69, 9.17) is 0 Å². The highest BCUT2D eigenvalue weighted by atomic mass is 16.4. The summed E-state index contributed by atoms with van der Waals surface area (Å²) >= 11 is 0. The van der Waals surface area contributed by atoms with Gasteiger partial charge in [-0.15, -0.1) is 0 Å². The zero-order chi connectivity index (χ0) is 19.3. The second-order valence-electron chi connectivity index (χ2n) is 9.72. The maximum absolute atomic E-state index is 12.5. The van der Waals surface area contributed by atoms with Crippen LogP contribution in [-0.2, 0) is 9.59 Å². The third kappa shape index (κ3) is 1.71. The number of carboxylic acid groups (broad SMARTS) is 2. The second-order valence-corrected chi connectivity index (χ2v) is 9.72. The van der Waals surface area contributed by atoms with Gasteiger partial charge in [0, 0.05) is 5.41 Å². The fraction of sp³-hybridized carbons (Fsp3) is 0.800. The number of hydrogen-bond acceptors (Lipinski definition) is 4. The Morgan fingerprint density at radius 3 is 2.38 bits per heavy atom. The lowest BCUT2D eigenvalue weighted by Crippen LogP contribution is -2.51. The van der Waals surface area contributed by atoms with E-state index in [1.54, 1.807) is 6.92 Å². The van der Waals surface area contributed by atoms with Crippen molar-refractivity contribution in [2.75, 3.05) is 0 Å². The average molecular weight is 364 g/mol. The number of rotatable bonds is 2. The summed E-state index contributed by atoms with van der Waals surface area (Å²) in [6.45, 7) is 7.59. The normalized spacial score (nSPS) is 55.3. The first kappa shape index (κ1) is 18.0. The molecule has 4 saturated carbocycles. The molecule has 6 nitrogen and oxygen atoms in total. The van der Waals surface area contributed by atoms with E-state index in [9.17, 15) is 30.0 Å². The summed E-state index contributed by atoms with van der Waals surface area (Å²) in [5.74, 6) is -3.73. The number of aliphatic hydroxyl groups is 2. The summed E-state index contributed by atoms with van der Waals surface area (Å²) < 4.78 is 0. The van der Waals surface area contributed by atoms with E-state index in [0.717, 1.165) is 12.8 Å². The van der Waals surface area contributed by atoms with E-state index in [2.05, 4.69) is 6.58 Å². The van der Waals surface area contributed by atoms with Crippen LogP contribution in [-0.4, -0.2) is 44.1 Å². The smallest absolute Gasteiger partial charge is 0.309 e. The van der Waals surface area contributed by atoms with Crippen LogP contribution in [0.15, 0.2) is 12.2 Å². The lowest BCUT2D eigenvalue weighted by atomic mass is 9.53. The lowest BCUT2D eigenvalue weighted by molar-refractivity contribution is -0.167. The van der Waals surface area contributed by atoms with E-state index in [1.807, 2.05) is 6.92 Å². The number of hydrogen-bond donors (Lipinski definition) is 4. The molecule has 1 spiro atoms. The topological polar surface area (TPSA) is 115 Å². The molecule has 4 fully saturated rings. The third-order valence-corrected chi connectivity index (χ3v) is 8.80. The van der Waals surface area contributed by atoms with Crippen LogP contribution >= 0.6 is 0 Å². The Morgan fingerprint density at radius 1 is 1.15 bits per heavy atom. The van der Waals surface area contributed by atoms with Crippen molar-refractivity contribution in [2.24, 2.45) is 34.0 Å². The van der Waals surface area contributed by atoms with Gasteiger partial charge >= 0.3 is 11.9 Å². The Balaban J connectivity index is 1.98. The molecule has 0 heterocycles. The molecule has 144 valence electrons. The van der Waals surface area contributed by atoms with Crippen molar-refractivity contribution in [3.05, 3.63) is 12.2 Å². The molecule has 0 saturated heterocycles. The van der Waals surface area contributed by atoms with Gasteiger partial charge in [-0.2, -0.15) is 0 Å². The maximum Gasteiger partial charge on any atom is 0.309 e. The first-order valence-electron chi connectivity index (χ1n) is 9.51. The highest BCUT2D eigenvalue weighted by molar-refractivity contribution is 5.79. The van der Waals surface area contributed by atoms with Crippen molar-refractivity contribution in [2.45, 2.75) is 64.1 Å². The van der Waals surface area contributed by atoms with Gasteiger partial charge in [0.1, 0.15) is 0 Å². The molecule has 6 heteroatoms. The minimum atomic E-state index is -1.24. The minimum Gasteiger partial charge on any atom is -0.481 e. The predicted molar refractivity (Wildman–Crippen MR) is 92.2 cm³/mol. The molecule has 0 aliphatic heterocycles. The molecule has 0 aromatic rings. The summed E-state index contributed by atoms with van der Waals surface area (Å²) in [5, 5.41) is 42.3. The zero-order valence-corrected chi connectivity index (χ0v) is 15.4. The van der Waals surface area contributed by atoms with Crippen molar-refractivity contribution in [3.8, 4) is 0 Å². The fourth-order valence-electron chi connectivity index (χ4n) is 7.89. The Hall–Kier alpha value is -1.40. The summed E-state index contributed by atoms with van der Waals surface area (Å²) in [5.41, 5.74) is -3.60. The van der Waals surface area contributed by atoms with Gasteiger partial charge in [-0.3, -0.25) is 9.59 Å². The second kappa shape index (κ2) is 4.90. The van der Waals surface area contributed by atoms with Crippen molar-refractivity contribution in [3.63, 3.8) is 0 Å². The number of aliphatic hydroxyl groups excluding tert-OH is 1. The van der Waals surface area contributed by atoms with Gasteiger partial charge in [-0.1, -0.05) is 19.9 Å². The summed E-state index contributed by atoms with van der Waals surface area (Å²) in [4.78, 5) is 24.7. The molecule has 26 heavy (non-hydrogen) atoms. The molecule has 0 aromatic heterocycles.